The summed E-state index contributed by atoms with van der Waals surface area (Å²) >= 11 is 0. The summed E-state index contributed by atoms with van der Waals surface area (Å²) in [4.78, 5) is 46.7. The largest absolute Gasteiger partial charge is 0.481 e. The van der Waals surface area contributed by atoms with Crippen molar-refractivity contribution in [2.24, 2.45) is 17.6 Å². The number of hydrogen-bond acceptors (Lipinski definition) is 5. The van der Waals surface area contributed by atoms with Crippen molar-refractivity contribution in [1.29, 1.82) is 0 Å². The minimum atomic E-state index is -1.14. The van der Waals surface area contributed by atoms with Crippen molar-refractivity contribution in [3.05, 3.63) is 0 Å². The number of rotatable bonds is 12. The molecule has 0 heterocycles. The van der Waals surface area contributed by atoms with E-state index in [2.05, 4.69) is 10.6 Å². The Morgan fingerprint density at radius 1 is 0.885 bits per heavy atom. The van der Waals surface area contributed by atoms with Gasteiger partial charge >= 0.3 is 11.9 Å². The molecule has 26 heavy (non-hydrogen) atoms. The van der Waals surface area contributed by atoms with E-state index in [1.165, 1.54) is 0 Å². The lowest BCUT2D eigenvalue weighted by atomic mass is 9.95. The third-order valence-electron chi connectivity index (χ3n) is 4.58. The second kappa shape index (κ2) is 11.5. The highest BCUT2D eigenvalue weighted by atomic mass is 16.4. The van der Waals surface area contributed by atoms with Gasteiger partial charge in [-0.15, -0.1) is 0 Å². The summed E-state index contributed by atoms with van der Waals surface area (Å²) < 4.78 is 0. The van der Waals surface area contributed by atoms with Crippen LogP contribution in [0.1, 0.15) is 53.4 Å². The Bertz CT molecular complexity index is 511. The number of hydrogen-bond donors (Lipinski definition) is 5. The van der Waals surface area contributed by atoms with E-state index in [-0.39, 0.29) is 24.7 Å². The van der Waals surface area contributed by atoms with Crippen LogP contribution in [0.2, 0.25) is 0 Å². The van der Waals surface area contributed by atoms with Crippen molar-refractivity contribution in [2.75, 3.05) is 0 Å². The Hall–Kier alpha value is -2.16. The second-order valence-electron chi connectivity index (χ2n) is 6.62. The number of carbonyl (C=O) groups excluding carboxylic acids is 2. The average Bonchev–Trinajstić information content (AvgIpc) is 2.59. The van der Waals surface area contributed by atoms with Gasteiger partial charge in [0.05, 0.1) is 6.04 Å². The normalized spacial score (nSPS) is 16.7. The molecular weight excluding hydrogens is 342 g/mol. The minimum Gasteiger partial charge on any atom is -0.481 e. The van der Waals surface area contributed by atoms with Crippen molar-refractivity contribution in [2.45, 2.75) is 71.5 Å². The van der Waals surface area contributed by atoms with Crippen LogP contribution in [0.5, 0.6) is 0 Å². The lowest BCUT2D eigenvalue weighted by Gasteiger charge is -2.28. The van der Waals surface area contributed by atoms with Crippen LogP contribution in [0.3, 0.4) is 0 Å². The van der Waals surface area contributed by atoms with E-state index in [4.69, 9.17) is 10.8 Å². The third kappa shape index (κ3) is 7.81. The quantitative estimate of drug-likeness (QED) is 0.329. The van der Waals surface area contributed by atoms with Gasteiger partial charge in [-0.05, 0) is 18.3 Å². The predicted molar refractivity (Wildman–Crippen MR) is 95.3 cm³/mol. The number of amides is 2. The summed E-state index contributed by atoms with van der Waals surface area (Å²) in [5, 5.41) is 23.0. The van der Waals surface area contributed by atoms with E-state index >= 15 is 0 Å². The van der Waals surface area contributed by atoms with Gasteiger partial charge < -0.3 is 26.6 Å². The van der Waals surface area contributed by atoms with Gasteiger partial charge in [-0.3, -0.25) is 14.4 Å². The summed E-state index contributed by atoms with van der Waals surface area (Å²) in [6.07, 6.45) is 0.825. The molecule has 0 spiro atoms. The fraction of sp³-hybridized carbons (Fsp3) is 0.765. The van der Waals surface area contributed by atoms with Crippen molar-refractivity contribution in [3.8, 4) is 0 Å². The van der Waals surface area contributed by atoms with Crippen LogP contribution < -0.4 is 16.4 Å². The molecule has 0 bridgehead atoms. The molecule has 0 aromatic heterocycles. The molecule has 0 saturated carbocycles. The number of carboxylic acid groups (broad SMARTS) is 2. The first-order valence-electron chi connectivity index (χ1n) is 8.85. The summed E-state index contributed by atoms with van der Waals surface area (Å²) in [5.74, 6) is -3.96. The first kappa shape index (κ1) is 23.8. The molecule has 0 fully saturated rings. The standard InChI is InChI=1S/C17H31N3O6/c1-5-9(3)13(19-15(23)11(18)7-8-12(21)22)16(24)20-14(17(25)26)10(4)6-2/h9-11,13-14H,5-8,18H2,1-4H3,(H,19,23)(H,20,24)(H,21,22)(H,25,26). The second-order valence-corrected chi connectivity index (χ2v) is 6.62. The number of aliphatic carboxylic acids is 2. The first-order chi connectivity index (χ1) is 12.0. The molecule has 2 amide bonds. The van der Waals surface area contributed by atoms with E-state index in [9.17, 15) is 24.3 Å². The maximum absolute atomic E-state index is 12.6. The molecule has 0 radical (unpaired) electrons. The molecule has 5 atom stereocenters. The van der Waals surface area contributed by atoms with Gasteiger partial charge in [0.2, 0.25) is 11.8 Å². The van der Waals surface area contributed by atoms with E-state index in [1.54, 1.807) is 13.8 Å². The molecule has 0 aromatic rings. The SMILES string of the molecule is CCC(C)C(NC(=O)C(NC(=O)C(N)CCC(=O)O)C(C)CC)C(=O)O. The van der Waals surface area contributed by atoms with Gasteiger partial charge in [0, 0.05) is 6.42 Å². The monoisotopic (exact) mass is 373 g/mol. The van der Waals surface area contributed by atoms with Crippen molar-refractivity contribution < 1.29 is 29.4 Å². The highest BCUT2D eigenvalue weighted by molar-refractivity contribution is 5.92. The summed E-state index contributed by atoms with van der Waals surface area (Å²) in [7, 11) is 0. The molecule has 150 valence electrons. The van der Waals surface area contributed by atoms with Crippen LogP contribution in [0, 0.1) is 11.8 Å². The average molecular weight is 373 g/mol. The van der Waals surface area contributed by atoms with Crippen molar-refractivity contribution >= 4 is 23.8 Å². The van der Waals surface area contributed by atoms with Crippen LogP contribution in [0.25, 0.3) is 0 Å². The molecule has 0 aliphatic carbocycles. The molecule has 9 nitrogen and oxygen atoms in total. The molecule has 0 saturated heterocycles. The zero-order valence-electron chi connectivity index (χ0n) is 15.8. The Kier molecular flexibility index (Phi) is 10.5. The van der Waals surface area contributed by atoms with Gasteiger partial charge in [-0.1, -0.05) is 40.5 Å². The Morgan fingerprint density at radius 3 is 1.77 bits per heavy atom. The number of nitrogens with two attached hydrogens (primary N) is 1. The van der Waals surface area contributed by atoms with Crippen molar-refractivity contribution in [3.63, 3.8) is 0 Å². The van der Waals surface area contributed by atoms with E-state index in [0.717, 1.165) is 0 Å². The van der Waals surface area contributed by atoms with E-state index in [1.807, 2.05) is 13.8 Å². The third-order valence-corrected chi connectivity index (χ3v) is 4.58. The Labute approximate surface area is 153 Å². The maximum Gasteiger partial charge on any atom is 0.326 e. The van der Waals surface area contributed by atoms with Crippen molar-refractivity contribution in [1.82, 2.24) is 10.6 Å². The molecule has 5 unspecified atom stereocenters. The van der Waals surface area contributed by atoms with Crippen LogP contribution in [-0.2, 0) is 19.2 Å². The summed E-state index contributed by atoms with van der Waals surface area (Å²) in [6.45, 7) is 7.14. The molecule has 9 heteroatoms. The topological polar surface area (TPSA) is 159 Å². The van der Waals surface area contributed by atoms with E-state index < -0.39 is 41.9 Å². The molecule has 0 rings (SSSR count). The fourth-order valence-corrected chi connectivity index (χ4v) is 2.30. The number of carbonyl (C=O) groups is 4. The van der Waals surface area contributed by atoms with Crippen LogP contribution in [0.15, 0.2) is 0 Å². The Morgan fingerprint density at radius 2 is 1.35 bits per heavy atom. The van der Waals surface area contributed by atoms with Gasteiger partial charge in [0.1, 0.15) is 12.1 Å². The molecule has 6 N–H and O–H groups in total. The first-order valence-corrected chi connectivity index (χ1v) is 8.85. The Balaban J connectivity index is 5.12. The molecular formula is C17H31N3O6. The smallest absolute Gasteiger partial charge is 0.326 e. The molecule has 0 aromatic carbocycles. The number of carboxylic acids is 2. The summed E-state index contributed by atoms with van der Waals surface area (Å²) in [6, 6.07) is -3.07. The van der Waals surface area contributed by atoms with Gasteiger partial charge in [0.25, 0.3) is 0 Å². The van der Waals surface area contributed by atoms with Gasteiger partial charge in [0.15, 0.2) is 0 Å². The van der Waals surface area contributed by atoms with Crippen LogP contribution in [-0.4, -0.2) is 52.1 Å². The minimum absolute atomic E-state index is 0.0549. The highest BCUT2D eigenvalue weighted by Gasteiger charge is 2.32. The van der Waals surface area contributed by atoms with Gasteiger partial charge in [-0.25, -0.2) is 4.79 Å². The molecule has 0 aliphatic heterocycles. The lowest BCUT2D eigenvalue weighted by molar-refractivity contribution is -0.144. The molecule has 0 aliphatic rings. The fourth-order valence-electron chi connectivity index (χ4n) is 2.30. The van der Waals surface area contributed by atoms with Crippen LogP contribution >= 0.6 is 0 Å². The zero-order valence-corrected chi connectivity index (χ0v) is 15.8. The maximum atomic E-state index is 12.6. The zero-order chi connectivity index (χ0) is 20.4. The van der Waals surface area contributed by atoms with E-state index in [0.29, 0.717) is 12.8 Å². The highest BCUT2D eigenvalue weighted by Crippen LogP contribution is 2.12. The van der Waals surface area contributed by atoms with Crippen LogP contribution in [0.4, 0.5) is 0 Å². The van der Waals surface area contributed by atoms with Gasteiger partial charge in [-0.2, -0.15) is 0 Å². The summed E-state index contributed by atoms with van der Waals surface area (Å²) in [5.41, 5.74) is 5.67. The number of nitrogens with one attached hydrogen (secondary N) is 2. The predicted octanol–water partition coefficient (Wildman–Crippen LogP) is 0.325. The lowest BCUT2D eigenvalue weighted by Crippen LogP contribution is -2.57.